The van der Waals surface area contributed by atoms with Crippen LogP contribution in [0.5, 0.6) is 0 Å². The van der Waals surface area contributed by atoms with E-state index in [-0.39, 0.29) is 43.1 Å². The molecule has 7 aliphatic heterocycles. The van der Waals surface area contributed by atoms with Crippen LogP contribution in [0.1, 0.15) is 133 Å². The maximum atomic E-state index is 16.2. The highest BCUT2D eigenvalue weighted by Gasteiger charge is 2.73. The Morgan fingerprint density at radius 3 is 1.69 bits per heavy atom. The van der Waals surface area contributed by atoms with Gasteiger partial charge in [-0.3, -0.25) is 4.79 Å². The van der Waals surface area contributed by atoms with Gasteiger partial charge in [0.2, 0.25) is 6.29 Å². The van der Waals surface area contributed by atoms with Crippen molar-refractivity contribution >= 4 is 11.9 Å². The van der Waals surface area contributed by atoms with Crippen molar-refractivity contribution in [2.75, 3.05) is 46.2 Å². The molecular weight excluding hydrogens is 1530 g/mol. The van der Waals surface area contributed by atoms with Crippen LogP contribution in [0.3, 0.4) is 0 Å². The number of carbonyl (C=O) groups excluding carboxylic acids is 2. The lowest BCUT2D eigenvalue weighted by molar-refractivity contribution is -0.382. The summed E-state index contributed by atoms with van der Waals surface area (Å²) in [6.45, 7) is 17.1. The highest BCUT2D eigenvalue weighted by atomic mass is 16.8. The van der Waals surface area contributed by atoms with Gasteiger partial charge in [0.15, 0.2) is 49.9 Å². The molecular formula is C78H124O37. The second kappa shape index (κ2) is 35.2. The summed E-state index contributed by atoms with van der Waals surface area (Å²) in [4.78, 5) is 30.5. The van der Waals surface area contributed by atoms with E-state index in [1.165, 1.54) is 26.0 Å². The van der Waals surface area contributed by atoms with E-state index in [0.717, 1.165) is 5.57 Å². The SMILES string of the molecule is C=CC(C)(O)CC/C=C(\C)C(=O)OC1C(O)C(CO)OC(OC(=O)C23CCC(C)(C)CC2C2=CCC4C5(C)CCC(OC6OC(COC7OCC(O)C(O)C7OC7OCC(O)C(O)C7O)C(O)C(O)C6O)C(C)(C)C5CCC4(C)C2(C)CC3O)C1OC1OC(CO)C(OC2OCC(O)C(OC3OCC(O)C(O)C3O)C2O)C(O)C1O. The predicted molar refractivity (Wildman–Crippen MR) is 386 cm³/mol. The van der Waals surface area contributed by atoms with Crippen LogP contribution in [0.2, 0.25) is 0 Å². The third kappa shape index (κ3) is 17.1. The number of rotatable bonds is 23. The highest BCUT2D eigenvalue weighted by molar-refractivity contribution is 5.88. The van der Waals surface area contributed by atoms with Crippen LogP contribution in [0.25, 0.3) is 0 Å². The molecule has 41 unspecified atom stereocenters. The van der Waals surface area contributed by atoms with Gasteiger partial charge in [-0.25, -0.2) is 4.79 Å². The molecule has 0 aromatic heterocycles. The molecule has 7 saturated heterocycles. The van der Waals surface area contributed by atoms with Gasteiger partial charge in [0.25, 0.3) is 0 Å². The first-order valence-corrected chi connectivity index (χ1v) is 40.2. The molecule has 0 radical (unpaired) electrons. The average Bonchev–Trinajstić information content (AvgIpc) is 0.668. The van der Waals surface area contributed by atoms with E-state index in [4.69, 9.17) is 71.1 Å². The van der Waals surface area contributed by atoms with Crippen LogP contribution in [0.15, 0.2) is 36.0 Å². The molecule has 0 aromatic carbocycles. The molecule has 4 saturated carbocycles. The quantitative estimate of drug-likeness (QED) is 0.0197. The minimum Gasteiger partial charge on any atom is -0.453 e. The van der Waals surface area contributed by atoms with E-state index in [2.05, 4.69) is 61.1 Å². The predicted octanol–water partition coefficient (Wildman–Crippen LogP) is -4.82. The van der Waals surface area contributed by atoms with Crippen LogP contribution < -0.4 is 0 Å². The van der Waals surface area contributed by atoms with Gasteiger partial charge in [-0.05, 0) is 129 Å². The maximum absolute atomic E-state index is 16.2. The van der Waals surface area contributed by atoms with Crippen molar-refractivity contribution in [1.29, 1.82) is 0 Å². The second-order valence-corrected chi connectivity index (χ2v) is 36.4. The van der Waals surface area contributed by atoms with Gasteiger partial charge in [0.1, 0.15) is 140 Å². The summed E-state index contributed by atoms with van der Waals surface area (Å²) in [5.74, 6) is -2.85. The molecule has 0 amide bonds. The molecule has 0 aromatic rings. The Labute approximate surface area is 666 Å². The van der Waals surface area contributed by atoms with Crippen molar-refractivity contribution in [3.8, 4) is 0 Å². The molecule has 37 heteroatoms. The summed E-state index contributed by atoms with van der Waals surface area (Å²) < 4.78 is 89.7. The van der Waals surface area contributed by atoms with E-state index in [0.29, 0.717) is 44.9 Å². The zero-order valence-electron chi connectivity index (χ0n) is 66.3. The zero-order chi connectivity index (χ0) is 84.0. The van der Waals surface area contributed by atoms with Crippen molar-refractivity contribution in [2.45, 2.75) is 341 Å². The largest absolute Gasteiger partial charge is 0.453 e. The molecule has 12 aliphatic rings. The number of fused-ring (bicyclic) bond motifs is 7. The van der Waals surface area contributed by atoms with Crippen LogP contribution in [0, 0.1) is 50.2 Å². The first-order chi connectivity index (χ1) is 53.9. The van der Waals surface area contributed by atoms with Crippen LogP contribution >= 0.6 is 0 Å². The molecule has 658 valence electrons. The van der Waals surface area contributed by atoms with Crippen LogP contribution in [-0.2, 0) is 80.6 Å². The fraction of sp³-hybridized carbons (Fsp3) is 0.897. The Balaban J connectivity index is 0.779. The van der Waals surface area contributed by atoms with E-state index >= 15 is 4.79 Å². The third-order valence-corrected chi connectivity index (χ3v) is 28.3. The number of aliphatic hydroxyl groups is 20. The topological polar surface area (TPSA) is 577 Å². The van der Waals surface area contributed by atoms with Gasteiger partial charge in [0.05, 0.1) is 64.1 Å². The molecule has 0 spiro atoms. The monoisotopic (exact) mass is 1650 g/mol. The van der Waals surface area contributed by atoms with Gasteiger partial charge in [-0.2, -0.15) is 0 Å². The standard InChI is InChI=1S/C78H124O37/c1-11-74(7,100)18-12-13-32(2)63(98)110-60-50(90)39(25-79)106-70(62(60)114-68-56(96)52(92)59(40(26-80)107-68)112-66-57(97)58(38(84)30-103-66)111-64-53(93)46(86)35(81)27-101-64)115-71(99)78-22-21-72(3,4)23-34(78)33-14-15-43-75(8)19-17-45(73(5,6)42(75)16-20-76(43,9)77(33,10)24-44(78)85)109-67-55(95)51(91)49(89)41(108-67)31-105-69-61(48(88)37(83)29-104-69)113-65-54(94)47(87)36(82)28-102-65/h11,13-14,34-62,64-70,79-97,100H,1,12,15-31H2,2-10H3/b32-13+. The van der Waals surface area contributed by atoms with E-state index in [1.807, 2.05) is 0 Å². The van der Waals surface area contributed by atoms with E-state index < -0.39 is 305 Å². The Kier molecular flexibility index (Phi) is 27.9. The Bertz CT molecular complexity index is 3380. The van der Waals surface area contributed by atoms with Crippen LogP contribution in [-0.4, -0.2) is 369 Å². The second-order valence-electron chi connectivity index (χ2n) is 36.4. The lowest BCUT2D eigenvalue weighted by atomic mass is 9.33. The molecule has 41 atom stereocenters. The minimum absolute atomic E-state index is 0.0387. The number of carbonyl (C=O) groups is 2. The number of aliphatic hydroxyl groups excluding tert-OH is 19. The number of hydrogen-bond acceptors (Lipinski definition) is 37. The Morgan fingerprint density at radius 1 is 0.522 bits per heavy atom. The van der Waals surface area contributed by atoms with Crippen molar-refractivity contribution in [1.82, 2.24) is 0 Å². The van der Waals surface area contributed by atoms with Crippen molar-refractivity contribution in [3.63, 3.8) is 0 Å². The zero-order valence-corrected chi connectivity index (χ0v) is 66.3. The van der Waals surface area contributed by atoms with Gasteiger partial charge in [-0.15, -0.1) is 6.58 Å². The Morgan fingerprint density at radius 2 is 1.06 bits per heavy atom. The Hall–Kier alpha value is -3.16. The highest BCUT2D eigenvalue weighted by Crippen LogP contribution is 2.76. The summed E-state index contributed by atoms with van der Waals surface area (Å²) in [7, 11) is 0. The van der Waals surface area contributed by atoms with Gasteiger partial charge >= 0.3 is 11.9 Å². The first kappa shape index (κ1) is 91.1. The lowest BCUT2D eigenvalue weighted by Crippen LogP contribution is -2.69. The molecule has 0 bridgehead atoms. The maximum Gasteiger partial charge on any atom is 0.333 e. The molecule has 37 nitrogen and oxygen atoms in total. The normalized spacial score (nSPS) is 50.5. The van der Waals surface area contributed by atoms with Crippen LogP contribution in [0.4, 0.5) is 0 Å². The first-order valence-electron chi connectivity index (χ1n) is 40.2. The molecule has 12 rings (SSSR count). The summed E-state index contributed by atoms with van der Waals surface area (Å²) in [6.07, 6.45) is -47.7. The van der Waals surface area contributed by atoms with Gasteiger partial charge < -0.3 is 173 Å². The van der Waals surface area contributed by atoms with E-state index in [9.17, 15) is 107 Å². The number of allylic oxidation sites excluding steroid dienone is 3. The molecule has 20 N–H and O–H groups in total. The molecule has 11 fully saturated rings. The molecule has 5 aliphatic carbocycles. The third-order valence-electron chi connectivity index (χ3n) is 28.3. The fourth-order valence-corrected chi connectivity index (χ4v) is 20.9. The average molecular weight is 1650 g/mol. The van der Waals surface area contributed by atoms with Crippen molar-refractivity contribution in [2.24, 2.45) is 50.2 Å². The van der Waals surface area contributed by atoms with Gasteiger partial charge in [-0.1, -0.05) is 72.3 Å². The summed E-state index contributed by atoms with van der Waals surface area (Å²) >= 11 is 0. The fourth-order valence-electron chi connectivity index (χ4n) is 20.9. The summed E-state index contributed by atoms with van der Waals surface area (Å²) in [5.41, 5.74) is -4.99. The minimum atomic E-state index is -2.24. The van der Waals surface area contributed by atoms with Crippen molar-refractivity contribution < 1.29 is 183 Å². The van der Waals surface area contributed by atoms with E-state index in [1.54, 1.807) is 0 Å². The number of hydrogen-bond donors (Lipinski definition) is 20. The number of esters is 2. The molecule has 115 heavy (non-hydrogen) atoms. The summed E-state index contributed by atoms with van der Waals surface area (Å²) in [5, 5.41) is 222. The number of ether oxygens (including phenoxy) is 15. The smallest absolute Gasteiger partial charge is 0.333 e. The molecule has 7 heterocycles. The summed E-state index contributed by atoms with van der Waals surface area (Å²) in [6, 6.07) is 0. The van der Waals surface area contributed by atoms with Gasteiger partial charge in [0, 0.05) is 5.57 Å². The lowest BCUT2D eigenvalue weighted by Gasteiger charge is -2.71. The van der Waals surface area contributed by atoms with Crippen molar-refractivity contribution in [3.05, 3.63) is 36.0 Å².